The van der Waals surface area contributed by atoms with Gasteiger partial charge in [-0.2, -0.15) is 0 Å². The Labute approximate surface area is 134 Å². The van der Waals surface area contributed by atoms with Gasteiger partial charge in [0.1, 0.15) is 11.6 Å². The molecule has 0 spiro atoms. The van der Waals surface area contributed by atoms with Gasteiger partial charge in [0.25, 0.3) is 5.91 Å². The van der Waals surface area contributed by atoms with Crippen molar-refractivity contribution in [3.05, 3.63) is 34.6 Å². The topological polar surface area (TPSA) is 70.8 Å². The number of hydrogen-bond acceptors (Lipinski definition) is 3. The third-order valence-corrected chi connectivity index (χ3v) is 4.63. The molecule has 23 heavy (non-hydrogen) atoms. The highest BCUT2D eigenvalue weighted by molar-refractivity contribution is 6.02. The van der Waals surface area contributed by atoms with Crippen LogP contribution in [-0.4, -0.2) is 34.0 Å². The summed E-state index contributed by atoms with van der Waals surface area (Å²) in [6.45, 7) is 7.34. The molecule has 1 fully saturated rings. The monoisotopic (exact) mass is 315 g/mol. The van der Waals surface area contributed by atoms with Crippen molar-refractivity contribution in [3.8, 4) is 0 Å². The molecule has 122 valence electrons. The van der Waals surface area contributed by atoms with Crippen LogP contribution in [0.2, 0.25) is 0 Å². The van der Waals surface area contributed by atoms with Gasteiger partial charge in [-0.1, -0.05) is 12.1 Å². The zero-order valence-corrected chi connectivity index (χ0v) is 13.8. The van der Waals surface area contributed by atoms with Gasteiger partial charge in [0, 0.05) is 17.0 Å². The summed E-state index contributed by atoms with van der Waals surface area (Å²) < 4.78 is 5.88. The number of benzene rings is 1. The lowest BCUT2D eigenvalue weighted by molar-refractivity contribution is -0.141. The summed E-state index contributed by atoms with van der Waals surface area (Å²) in [7, 11) is 0. The minimum atomic E-state index is -0.994. The fourth-order valence-corrected chi connectivity index (χ4v) is 3.13. The van der Waals surface area contributed by atoms with E-state index < -0.39 is 12.0 Å². The summed E-state index contributed by atoms with van der Waals surface area (Å²) in [4.78, 5) is 25.8. The van der Waals surface area contributed by atoms with E-state index in [0.29, 0.717) is 5.58 Å². The highest BCUT2D eigenvalue weighted by atomic mass is 16.4. The molecule has 0 saturated heterocycles. The van der Waals surface area contributed by atoms with Crippen LogP contribution in [0.3, 0.4) is 0 Å². The van der Waals surface area contributed by atoms with Gasteiger partial charge in [-0.25, -0.2) is 4.79 Å². The first-order valence-electron chi connectivity index (χ1n) is 7.87. The molecule has 1 aromatic carbocycles. The fraction of sp³-hybridized carbons (Fsp3) is 0.444. The Morgan fingerprint density at radius 3 is 2.35 bits per heavy atom. The van der Waals surface area contributed by atoms with E-state index in [0.717, 1.165) is 34.9 Å². The maximum Gasteiger partial charge on any atom is 0.326 e. The molecule has 5 nitrogen and oxygen atoms in total. The molecule has 2 aromatic rings. The summed E-state index contributed by atoms with van der Waals surface area (Å²) >= 11 is 0. The minimum Gasteiger partial charge on any atom is -0.480 e. The van der Waals surface area contributed by atoms with Crippen molar-refractivity contribution in [1.82, 2.24) is 4.90 Å². The van der Waals surface area contributed by atoms with Crippen molar-refractivity contribution in [2.24, 2.45) is 0 Å². The molecule has 0 aliphatic heterocycles. The zero-order valence-electron chi connectivity index (χ0n) is 13.8. The van der Waals surface area contributed by atoms with Crippen molar-refractivity contribution in [3.63, 3.8) is 0 Å². The molecule has 1 heterocycles. The summed E-state index contributed by atoms with van der Waals surface area (Å²) in [6.07, 6.45) is 1.70. The second kappa shape index (κ2) is 5.41. The van der Waals surface area contributed by atoms with E-state index in [1.54, 1.807) is 6.92 Å². The van der Waals surface area contributed by atoms with Gasteiger partial charge in [0.15, 0.2) is 5.76 Å². The van der Waals surface area contributed by atoms with Gasteiger partial charge in [-0.05, 0) is 51.7 Å². The van der Waals surface area contributed by atoms with E-state index >= 15 is 0 Å². The Bertz CT molecular complexity index is 801. The van der Waals surface area contributed by atoms with Gasteiger partial charge in [-0.3, -0.25) is 4.79 Å². The highest BCUT2D eigenvalue weighted by Crippen LogP contribution is 2.35. The lowest BCUT2D eigenvalue weighted by Gasteiger charge is -2.25. The SMILES string of the molecule is Cc1ccc(C)c2c(C)c(C(=O)N(C3CC3)C(C)C(=O)O)oc12. The predicted molar refractivity (Wildman–Crippen MR) is 86.7 cm³/mol. The number of aliphatic carboxylic acids is 1. The molecule has 1 atom stereocenters. The standard InChI is InChI=1S/C18H21NO4/c1-9-5-6-10(2)15-14(9)11(3)16(23-15)17(20)19(13-7-8-13)12(4)18(21)22/h5-6,12-13H,7-8H2,1-4H3,(H,21,22). The molecule has 0 bridgehead atoms. The van der Waals surface area contributed by atoms with Crippen molar-refractivity contribution >= 4 is 22.8 Å². The van der Waals surface area contributed by atoms with E-state index in [1.165, 1.54) is 4.90 Å². The summed E-state index contributed by atoms with van der Waals surface area (Å²) in [5.74, 6) is -1.06. The average molecular weight is 315 g/mol. The Kier molecular flexibility index (Phi) is 3.66. The number of carbonyl (C=O) groups excluding carboxylic acids is 1. The molecular formula is C18H21NO4. The van der Waals surface area contributed by atoms with Crippen LogP contribution in [0, 0.1) is 20.8 Å². The van der Waals surface area contributed by atoms with Crippen molar-refractivity contribution < 1.29 is 19.1 Å². The first-order chi connectivity index (χ1) is 10.8. The van der Waals surface area contributed by atoms with Crippen LogP contribution < -0.4 is 0 Å². The van der Waals surface area contributed by atoms with Gasteiger partial charge >= 0.3 is 5.97 Å². The Morgan fingerprint density at radius 1 is 1.22 bits per heavy atom. The van der Waals surface area contributed by atoms with Crippen LogP contribution in [0.1, 0.15) is 47.0 Å². The number of carboxylic acids is 1. The summed E-state index contributed by atoms with van der Waals surface area (Å²) in [6, 6.07) is 3.12. The summed E-state index contributed by atoms with van der Waals surface area (Å²) in [5.41, 5.74) is 3.52. The van der Waals surface area contributed by atoms with Crippen LogP contribution in [0.25, 0.3) is 11.0 Å². The molecular weight excluding hydrogens is 294 g/mol. The van der Waals surface area contributed by atoms with E-state index in [4.69, 9.17) is 4.42 Å². The number of aryl methyl sites for hydroxylation is 3. The number of nitrogens with zero attached hydrogens (tertiary/aromatic N) is 1. The molecule has 1 amide bonds. The fourth-order valence-electron chi connectivity index (χ4n) is 3.13. The van der Waals surface area contributed by atoms with E-state index in [2.05, 4.69) is 0 Å². The molecule has 1 aliphatic rings. The van der Waals surface area contributed by atoms with Crippen LogP contribution >= 0.6 is 0 Å². The van der Waals surface area contributed by atoms with Gasteiger partial charge in [-0.15, -0.1) is 0 Å². The molecule has 5 heteroatoms. The molecule has 1 aliphatic carbocycles. The second-order valence-corrected chi connectivity index (χ2v) is 6.42. The normalized spacial score (nSPS) is 15.7. The minimum absolute atomic E-state index is 0.00315. The van der Waals surface area contributed by atoms with E-state index in [1.807, 2.05) is 32.9 Å². The van der Waals surface area contributed by atoms with Crippen molar-refractivity contribution in [2.75, 3.05) is 0 Å². The van der Waals surface area contributed by atoms with Gasteiger partial charge in [0.2, 0.25) is 0 Å². The number of amides is 1. The molecule has 1 unspecified atom stereocenters. The number of hydrogen-bond donors (Lipinski definition) is 1. The lowest BCUT2D eigenvalue weighted by atomic mass is 10.0. The second-order valence-electron chi connectivity index (χ2n) is 6.42. The largest absolute Gasteiger partial charge is 0.480 e. The first-order valence-corrected chi connectivity index (χ1v) is 7.87. The van der Waals surface area contributed by atoms with Crippen molar-refractivity contribution in [2.45, 2.75) is 52.6 Å². The smallest absolute Gasteiger partial charge is 0.326 e. The third kappa shape index (κ3) is 2.50. The molecule has 1 aromatic heterocycles. The maximum atomic E-state index is 13.0. The number of carboxylic acid groups (broad SMARTS) is 1. The molecule has 1 N–H and O–H groups in total. The van der Waals surface area contributed by atoms with Crippen LogP contribution in [0.4, 0.5) is 0 Å². The van der Waals surface area contributed by atoms with Crippen LogP contribution in [0.5, 0.6) is 0 Å². The summed E-state index contributed by atoms with van der Waals surface area (Å²) in [5, 5.41) is 10.2. The molecule has 1 saturated carbocycles. The number of rotatable bonds is 4. The number of fused-ring (bicyclic) bond motifs is 1. The average Bonchev–Trinajstić information content (AvgIpc) is 3.25. The maximum absolute atomic E-state index is 13.0. The van der Waals surface area contributed by atoms with E-state index in [9.17, 15) is 14.7 Å². The van der Waals surface area contributed by atoms with Crippen LogP contribution in [0.15, 0.2) is 16.5 Å². The van der Waals surface area contributed by atoms with Gasteiger partial charge in [0.05, 0.1) is 0 Å². The van der Waals surface area contributed by atoms with Gasteiger partial charge < -0.3 is 14.4 Å². The third-order valence-electron chi connectivity index (χ3n) is 4.63. The molecule has 3 rings (SSSR count). The lowest BCUT2D eigenvalue weighted by Crippen LogP contribution is -2.44. The molecule has 0 radical (unpaired) electrons. The van der Waals surface area contributed by atoms with Crippen LogP contribution in [-0.2, 0) is 4.79 Å². The predicted octanol–water partition coefficient (Wildman–Crippen LogP) is 3.44. The van der Waals surface area contributed by atoms with E-state index in [-0.39, 0.29) is 17.7 Å². The highest BCUT2D eigenvalue weighted by Gasteiger charge is 2.40. The number of carbonyl (C=O) groups is 2. The Hall–Kier alpha value is -2.30. The van der Waals surface area contributed by atoms with Crippen molar-refractivity contribution in [1.29, 1.82) is 0 Å². The first kappa shape index (κ1) is 15.6. The number of furan rings is 1. The Balaban J connectivity index is 2.10. The quantitative estimate of drug-likeness (QED) is 0.938. The Morgan fingerprint density at radius 2 is 1.83 bits per heavy atom. The zero-order chi connectivity index (χ0) is 16.9.